The van der Waals surface area contributed by atoms with Gasteiger partial charge in [0.25, 0.3) is 0 Å². The van der Waals surface area contributed by atoms with Crippen LogP contribution < -0.4 is 0 Å². The molecular formula is C7H16O3. The van der Waals surface area contributed by atoms with E-state index in [-0.39, 0.29) is 6.61 Å². The first-order chi connectivity index (χ1) is 4.31. The second-order valence-corrected chi connectivity index (χ2v) is 3.27. The molecule has 0 heterocycles. The SMILES string of the molecule is COCC(C)(O)C(C)(C)O. The summed E-state index contributed by atoms with van der Waals surface area (Å²) >= 11 is 0. The zero-order chi connectivity index (χ0) is 8.41. The first-order valence-electron chi connectivity index (χ1n) is 3.25. The second kappa shape index (κ2) is 2.86. The van der Waals surface area contributed by atoms with Crippen LogP contribution in [-0.2, 0) is 4.74 Å². The van der Waals surface area contributed by atoms with E-state index in [9.17, 15) is 10.2 Å². The van der Waals surface area contributed by atoms with E-state index in [1.165, 1.54) is 14.0 Å². The minimum atomic E-state index is -1.18. The van der Waals surface area contributed by atoms with Gasteiger partial charge >= 0.3 is 0 Å². The molecule has 3 heteroatoms. The largest absolute Gasteiger partial charge is 0.387 e. The van der Waals surface area contributed by atoms with Crippen LogP contribution in [0.25, 0.3) is 0 Å². The van der Waals surface area contributed by atoms with Gasteiger partial charge in [0, 0.05) is 7.11 Å². The molecule has 1 unspecified atom stereocenters. The van der Waals surface area contributed by atoms with E-state index >= 15 is 0 Å². The van der Waals surface area contributed by atoms with Crippen LogP contribution in [0.4, 0.5) is 0 Å². The predicted molar refractivity (Wildman–Crippen MR) is 38.8 cm³/mol. The van der Waals surface area contributed by atoms with Gasteiger partial charge < -0.3 is 14.9 Å². The van der Waals surface area contributed by atoms with Gasteiger partial charge in [0.1, 0.15) is 5.60 Å². The highest BCUT2D eigenvalue weighted by molar-refractivity contribution is 4.89. The molecule has 62 valence electrons. The van der Waals surface area contributed by atoms with E-state index < -0.39 is 11.2 Å². The van der Waals surface area contributed by atoms with Gasteiger partial charge in [-0.3, -0.25) is 0 Å². The summed E-state index contributed by atoms with van der Waals surface area (Å²) in [5.74, 6) is 0. The van der Waals surface area contributed by atoms with E-state index in [1.54, 1.807) is 13.8 Å². The van der Waals surface area contributed by atoms with Crippen molar-refractivity contribution in [3.8, 4) is 0 Å². The van der Waals surface area contributed by atoms with Crippen molar-refractivity contribution in [1.29, 1.82) is 0 Å². The molecule has 3 nitrogen and oxygen atoms in total. The molecule has 0 aliphatic heterocycles. The molecule has 2 N–H and O–H groups in total. The lowest BCUT2D eigenvalue weighted by Gasteiger charge is -2.34. The molecule has 0 aliphatic rings. The van der Waals surface area contributed by atoms with Gasteiger partial charge in [-0.25, -0.2) is 0 Å². The summed E-state index contributed by atoms with van der Waals surface area (Å²) in [6.45, 7) is 4.77. The number of methoxy groups -OCH3 is 1. The fraction of sp³-hybridized carbons (Fsp3) is 1.00. The zero-order valence-corrected chi connectivity index (χ0v) is 7.01. The second-order valence-electron chi connectivity index (χ2n) is 3.27. The first kappa shape index (κ1) is 9.88. The molecule has 0 fully saturated rings. The molecule has 0 radical (unpaired) electrons. The van der Waals surface area contributed by atoms with Gasteiger partial charge in [-0.15, -0.1) is 0 Å². The maximum atomic E-state index is 9.48. The summed E-state index contributed by atoms with van der Waals surface area (Å²) in [6, 6.07) is 0. The fourth-order valence-electron chi connectivity index (χ4n) is 0.458. The van der Waals surface area contributed by atoms with E-state index in [0.29, 0.717) is 0 Å². The van der Waals surface area contributed by atoms with Crippen LogP contribution in [0, 0.1) is 0 Å². The lowest BCUT2D eigenvalue weighted by Crippen LogP contribution is -2.50. The standard InChI is InChI=1S/C7H16O3/c1-6(2,8)7(3,9)5-10-4/h8-9H,5H2,1-4H3. The van der Waals surface area contributed by atoms with Crippen molar-refractivity contribution in [2.75, 3.05) is 13.7 Å². The van der Waals surface area contributed by atoms with Gasteiger partial charge in [0.2, 0.25) is 0 Å². The monoisotopic (exact) mass is 148 g/mol. The Morgan fingerprint density at radius 3 is 1.70 bits per heavy atom. The van der Waals surface area contributed by atoms with Crippen molar-refractivity contribution in [2.24, 2.45) is 0 Å². The first-order valence-corrected chi connectivity index (χ1v) is 3.25. The van der Waals surface area contributed by atoms with Crippen molar-refractivity contribution >= 4 is 0 Å². The average Bonchev–Trinajstić information content (AvgIpc) is 1.61. The number of rotatable bonds is 3. The molecule has 0 bridgehead atoms. The molecule has 0 spiro atoms. The van der Waals surface area contributed by atoms with Crippen LogP contribution in [0.3, 0.4) is 0 Å². The topological polar surface area (TPSA) is 49.7 Å². The van der Waals surface area contributed by atoms with Crippen LogP contribution in [0.1, 0.15) is 20.8 Å². The third-order valence-corrected chi connectivity index (χ3v) is 1.74. The quantitative estimate of drug-likeness (QED) is 0.599. The molecule has 0 aliphatic carbocycles. The van der Waals surface area contributed by atoms with Crippen LogP contribution >= 0.6 is 0 Å². The molecule has 0 saturated carbocycles. The molecule has 0 aromatic rings. The van der Waals surface area contributed by atoms with E-state index in [2.05, 4.69) is 0 Å². The molecule has 0 aromatic carbocycles. The molecule has 0 saturated heterocycles. The van der Waals surface area contributed by atoms with Crippen molar-refractivity contribution in [3.63, 3.8) is 0 Å². The van der Waals surface area contributed by atoms with E-state index in [0.717, 1.165) is 0 Å². The summed E-state index contributed by atoms with van der Waals surface area (Å²) in [7, 11) is 1.49. The predicted octanol–water partition coefficient (Wildman–Crippen LogP) is 0.155. The van der Waals surface area contributed by atoms with Crippen molar-refractivity contribution in [3.05, 3.63) is 0 Å². The fourth-order valence-corrected chi connectivity index (χ4v) is 0.458. The summed E-state index contributed by atoms with van der Waals surface area (Å²) in [5.41, 5.74) is -2.30. The molecular weight excluding hydrogens is 132 g/mol. The number of hydrogen-bond donors (Lipinski definition) is 2. The highest BCUT2D eigenvalue weighted by Gasteiger charge is 2.37. The maximum absolute atomic E-state index is 9.48. The highest BCUT2D eigenvalue weighted by Crippen LogP contribution is 2.20. The Morgan fingerprint density at radius 2 is 1.60 bits per heavy atom. The average molecular weight is 148 g/mol. The Labute approximate surface area is 61.6 Å². The maximum Gasteiger partial charge on any atom is 0.113 e. The smallest absolute Gasteiger partial charge is 0.113 e. The van der Waals surface area contributed by atoms with Crippen LogP contribution in [0.5, 0.6) is 0 Å². The molecule has 0 amide bonds. The lowest BCUT2D eigenvalue weighted by molar-refractivity contribution is -0.148. The summed E-state index contributed by atoms with van der Waals surface area (Å²) in [4.78, 5) is 0. The minimum absolute atomic E-state index is 0.135. The molecule has 1 atom stereocenters. The number of ether oxygens (including phenoxy) is 1. The van der Waals surface area contributed by atoms with E-state index in [1.807, 2.05) is 0 Å². The zero-order valence-electron chi connectivity index (χ0n) is 7.01. The van der Waals surface area contributed by atoms with Crippen LogP contribution in [0.2, 0.25) is 0 Å². The molecule has 0 rings (SSSR count). The number of aliphatic hydroxyl groups is 2. The van der Waals surface area contributed by atoms with Crippen LogP contribution in [0.15, 0.2) is 0 Å². The summed E-state index contributed by atoms with van der Waals surface area (Å²) in [6.07, 6.45) is 0. The Balaban J connectivity index is 4.10. The number of hydrogen-bond acceptors (Lipinski definition) is 3. The van der Waals surface area contributed by atoms with Gasteiger partial charge in [0.05, 0.1) is 12.2 Å². The van der Waals surface area contributed by atoms with Gasteiger partial charge in [-0.05, 0) is 20.8 Å². The van der Waals surface area contributed by atoms with Gasteiger partial charge in [-0.1, -0.05) is 0 Å². The highest BCUT2D eigenvalue weighted by atomic mass is 16.5. The summed E-state index contributed by atoms with van der Waals surface area (Å²) in [5, 5.41) is 18.8. The Morgan fingerprint density at radius 1 is 1.20 bits per heavy atom. The lowest BCUT2D eigenvalue weighted by atomic mass is 9.89. The van der Waals surface area contributed by atoms with E-state index in [4.69, 9.17) is 4.74 Å². The van der Waals surface area contributed by atoms with Crippen molar-refractivity contribution in [1.82, 2.24) is 0 Å². The normalized spacial score (nSPS) is 18.6. The van der Waals surface area contributed by atoms with Crippen molar-refractivity contribution < 1.29 is 14.9 Å². The minimum Gasteiger partial charge on any atom is -0.387 e. The Kier molecular flexibility index (Phi) is 2.83. The third kappa shape index (κ3) is 2.25. The van der Waals surface area contributed by atoms with Gasteiger partial charge in [-0.2, -0.15) is 0 Å². The molecule has 10 heavy (non-hydrogen) atoms. The van der Waals surface area contributed by atoms with Gasteiger partial charge in [0.15, 0.2) is 0 Å². The third-order valence-electron chi connectivity index (χ3n) is 1.74. The Hall–Kier alpha value is -0.120. The van der Waals surface area contributed by atoms with Crippen LogP contribution in [-0.4, -0.2) is 35.1 Å². The van der Waals surface area contributed by atoms with Crippen molar-refractivity contribution in [2.45, 2.75) is 32.0 Å². The molecule has 0 aromatic heterocycles. The Bertz CT molecular complexity index is 102. The summed E-state index contributed by atoms with van der Waals surface area (Å²) < 4.78 is 4.72.